The van der Waals surface area contributed by atoms with Crippen LogP contribution < -0.4 is 0 Å². The minimum Gasteiger partial charge on any atom is -0.476 e. The third-order valence-corrected chi connectivity index (χ3v) is 2.71. The summed E-state index contributed by atoms with van der Waals surface area (Å²) in [5.41, 5.74) is 0.292. The molecular weight excluding hydrogens is 282 g/mol. The van der Waals surface area contributed by atoms with Gasteiger partial charge in [0.15, 0.2) is 5.69 Å². The van der Waals surface area contributed by atoms with Crippen LogP contribution in [0.3, 0.4) is 0 Å². The zero-order chi connectivity index (χ0) is 15.7. The highest BCUT2D eigenvalue weighted by atomic mass is 16.5. The topological polar surface area (TPSA) is 116 Å². The van der Waals surface area contributed by atoms with Crippen molar-refractivity contribution in [2.75, 3.05) is 40.6 Å². The van der Waals surface area contributed by atoms with Crippen molar-refractivity contribution >= 4 is 5.97 Å². The normalized spacial score (nSPS) is 12.5. The Kier molecular flexibility index (Phi) is 7.83. The van der Waals surface area contributed by atoms with Crippen molar-refractivity contribution in [3.63, 3.8) is 0 Å². The van der Waals surface area contributed by atoms with Gasteiger partial charge in [0.1, 0.15) is 0 Å². The van der Waals surface area contributed by atoms with E-state index in [1.165, 1.54) is 11.8 Å². The van der Waals surface area contributed by atoms with E-state index in [-0.39, 0.29) is 18.8 Å². The third-order valence-electron chi connectivity index (χ3n) is 2.71. The van der Waals surface area contributed by atoms with E-state index in [1.807, 2.05) is 0 Å². The van der Waals surface area contributed by atoms with Gasteiger partial charge in [-0.1, -0.05) is 5.21 Å². The standard InChI is InChI=1S/C12H21N3O6/c1-19-4-3-10-11(12(17)18)13-14-15(10)7-9(16)8-21-6-5-20-2/h9,16H,3-8H2,1-2H3,(H,17,18). The summed E-state index contributed by atoms with van der Waals surface area (Å²) in [6.45, 7) is 1.37. The van der Waals surface area contributed by atoms with Crippen LogP contribution in [0.25, 0.3) is 0 Å². The quantitative estimate of drug-likeness (QED) is 0.510. The molecule has 9 heteroatoms. The first kappa shape index (κ1) is 17.5. The van der Waals surface area contributed by atoms with E-state index in [0.29, 0.717) is 31.9 Å². The van der Waals surface area contributed by atoms with Crippen LogP contribution in [0.1, 0.15) is 16.2 Å². The first-order valence-electron chi connectivity index (χ1n) is 6.49. The first-order chi connectivity index (χ1) is 10.1. The number of aliphatic hydroxyl groups is 1. The fraction of sp³-hybridized carbons (Fsp3) is 0.750. The number of hydrogen-bond acceptors (Lipinski definition) is 7. The van der Waals surface area contributed by atoms with E-state index < -0.39 is 12.1 Å². The maximum absolute atomic E-state index is 11.1. The Morgan fingerprint density at radius 2 is 2.00 bits per heavy atom. The van der Waals surface area contributed by atoms with Crippen molar-refractivity contribution in [2.24, 2.45) is 0 Å². The van der Waals surface area contributed by atoms with E-state index in [1.54, 1.807) is 7.11 Å². The van der Waals surface area contributed by atoms with Gasteiger partial charge in [0.05, 0.1) is 44.8 Å². The summed E-state index contributed by atoms with van der Waals surface area (Å²) in [7, 11) is 3.08. The van der Waals surface area contributed by atoms with Gasteiger partial charge in [-0.05, 0) is 0 Å². The van der Waals surface area contributed by atoms with E-state index in [9.17, 15) is 9.90 Å². The molecule has 0 aliphatic heterocycles. The molecule has 0 aliphatic carbocycles. The Morgan fingerprint density at radius 1 is 1.29 bits per heavy atom. The van der Waals surface area contributed by atoms with Crippen molar-refractivity contribution in [1.29, 1.82) is 0 Å². The molecule has 0 amide bonds. The fourth-order valence-electron chi connectivity index (χ4n) is 1.71. The minimum absolute atomic E-state index is 0.103. The zero-order valence-corrected chi connectivity index (χ0v) is 12.2. The fourth-order valence-corrected chi connectivity index (χ4v) is 1.71. The second kappa shape index (κ2) is 9.40. The highest BCUT2D eigenvalue weighted by Gasteiger charge is 2.20. The van der Waals surface area contributed by atoms with E-state index in [4.69, 9.17) is 19.3 Å². The lowest BCUT2D eigenvalue weighted by atomic mass is 10.2. The molecule has 0 aromatic carbocycles. The summed E-state index contributed by atoms with van der Waals surface area (Å²) < 4.78 is 16.3. The molecule has 0 aliphatic rings. The molecule has 0 spiro atoms. The van der Waals surface area contributed by atoms with Gasteiger partial charge >= 0.3 is 5.97 Å². The zero-order valence-electron chi connectivity index (χ0n) is 12.2. The number of carboxylic acids is 1. The van der Waals surface area contributed by atoms with Crippen LogP contribution in [0, 0.1) is 0 Å². The molecule has 1 aromatic heterocycles. The number of methoxy groups -OCH3 is 2. The Hall–Kier alpha value is -1.55. The summed E-state index contributed by atoms with van der Waals surface area (Å²) in [6.07, 6.45) is -0.464. The van der Waals surface area contributed by atoms with Gasteiger partial charge in [-0.3, -0.25) is 0 Å². The van der Waals surface area contributed by atoms with Crippen molar-refractivity contribution < 1.29 is 29.2 Å². The molecule has 0 radical (unpaired) electrons. The number of ether oxygens (including phenoxy) is 3. The number of rotatable bonds is 11. The van der Waals surface area contributed by atoms with Crippen LogP contribution in [-0.4, -0.2) is 77.9 Å². The average Bonchev–Trinajstić information content (AvgIpc) is 2.84. The third kappa shape index (κ3) is 5.76. The largest absolute Gasteiger partial charge is 0.476 e. The summed E-state index contributed by atoms with van der Waals surface area (Å²) in [4.78, 5) is 11.1. The number of aromatic nitrogens is 3. The van der Waals surface area contributed by atoms with Gasteiger partial charge in [0.2, 0.25) is 0 Å². The van der Waals surface area contributed by atoms with Gasteiger partial charge in [-0.25, -0.2) is 9.48 Å². The Bertz CT molecular complexity index is 437. The highest BCUT2D eigenvalue weighted by Crippen LogP contribution is 2.08. The molecule has 1 unspecified atom stereocenters. The van der Waals surface area contributed by atoms with Gasteiger partial charge in [0.25, 0.3) is 0 Å². The van der Waals surface area contributed by atoms with Crippen LogP contribution in [0.5, 0.6) is 0 Å². The molecule has 0 bridgehead atoms. The summed E-state index contributed by atoms with van der Waals surface area (Å²) in [5, 5.41) is 26.3. The molecule has 0 fully saturated rings. The average molecular weight is 303 g/mol. The Morgan fingerprint density at radius 3 is 2.62 bits per heavy atom. The highest BCUT2D eigenvalue weighted by molar-refractivity contribution is 5.86. The predicted octanol–water partition coefficient (Wildman–Crippen LogP) is -0.811. The van der Waals surface area contributed by atoms with Gasteiger partial charge < -0.3 is 24.4 Å². The molecule has 1 aromatic rings. The number of carboxylic acid groups (broad SMARTS) is 1. The monoisotopic (exact) mass is 303 g/mol. The molecule has 120 valence electrons. The SMILES string of the molecule is COCCOCC(O)Cn1nnc(C(=O)O)c1CCOC. The molecule has 0 saturated heterocycles. The van der Waals surface area contributed by atoms with Crippen LogP contribution in [0.15, 0.2) is 0 Å². The second-order valence-corrected chi connectivity index (χ2v) is 4.34. The molecule has 1 atom stereocenters. The van der Waals surface area contributed by atoms with Gasteiger partial charge in [0, 0.05) is 20.6 Å². The van der Waals surface area contributed by atoms with E-state index in [2.05, 4.69) is 10.3 Å². The molecule has 0 saturated carbocycles. The van der Waals surface area contributed by atoms with Crippen LogP contribution in [0.4, 0.5) is 0 Å². The Labute approximate surface area is 122 Å². The predicted molar refractivity (Wildman–Crippen MR) is 71.3 cm³/mol. The van der Waals surface area contributed by atoms with Crippen LogP contribution >= 0.6 is 0 Å². The number of nitrogens with zero attached hydrogens (tertiary/aromatic N) is 3. The van der Waals surface area contributed by atoms with E-state index in [0.717, 1.165) is 0 Å². The van der Waals surface area contributed by atoms with Crippen molar-refractivity contribution in [1.82, 2.24) is 15.0 Å². The Balaban J connectivity index is 2.62. The van der Waals surface area contributed by atoms with Gasteiger partial charge in [-0.15, -0.1) is 5.10 Å². The molecule has 1 heterocycles. The van der Waals surface area contributed by atoms with Gasteiger partial charge in [-0.2, -0.15) is 0 Å². The lowest BCUT2D eigenvalue weighted by Crippen LogP contribution is -2.25. The van der Waals surface area contributed by atoms with Crippen molar-refractivity contribution in [3.05, 3.63) is 11.4 Å². The molecule has 21 heavy (non-hydrogen) atoms. The molecule has 9 nitrogen and oxygen atoms in total. The lowest BCUT2D eigenvalue weighted by Gasteiger charge is -2.13. The second-order valence-electron chi connectivity index (χ2n) is 4.34. The summed E-state index contributed by atoms with van der Waals surface area (Å²) in [5.74, 6) is -1.15. The summed E-state index contributed by atoms with van der Waals surface area (Å²) >= 11 is 0. The smallest absolute Gasteiger partial charge is 0.358 e. The number of hydrogen-bond donors (Lipinski definition) is 2. The van der Waals surface area contributed by atoms with Crippen LogP contribution in [0.2, 0.25) is 0 Å². The molecular formula is C12H21N3O6. The summed E-state index contributed by atoms with van der Waals surface area (Å²) in [6, 6.07) is 0. The number of aromatic carboxylic acids is 1. The maximum Gasteiger partial charge on any atom is 0.358 e. The molecule has 1 rings (SSSR count). The van der Waals surface area contributed by atoms with Crippen LogP contribution in [-0.2, 0) is 27.2 Å². The molecule has 2 N–H and O–H groups in total. The van der Waals surface area contributed by atoms with Crippen molar-refractivity contribution in [2.45, 2.75) is 19.1 Å². The lowest BCUT2D eigenvalue weighted by molar-refractivity contribution is 0.00539. The number of carbonyl (C=O) groups is 1. The first-order valence-corrected chi connectivity index (χ1v) is 6.49. The van der Waals surface area contributed by atoms with Crippen molar-refractivity contribution in [3.8, 4) is 0 Å². The van der Waals surface area contributed by atoms with E-state index >= 15 is 0 Å². The maximum atomic E-state index is 11.1. The minimum atomic E-state index is -1.15. The number of aliphatic hydroxyl groups excluding tert-OH is 1.